The van der Waals surface area contributed by atoms with E-state index in [4.69, 9.17) is 4.74 Å². The van der Waals surface area contributed by atoms with E-state index in [1.807, 2.05) is 12.1 Å². The Labute approximate surface area is 92.8 Å². The van der Waals surface area contributed by atoms with E-state index in [1.165, 1.54) is 0 Å². The molecular weight excluding hydrogens is 208 g/mol. The summed E-state index contributed by atoms with van der Waals surface area (Å²) in [6.07, 6.45) is 0. The van der Waals surface area contributed by atoms with Crippen LogP contribution in [0.4, 0.5) is 11.4 Å². The lowest BCUT2D eigenvalue weighted by atomic mass is 10.1. The van der Waals surface area contributed by atoms with Gasteiger partial charge in [-0.2, -0.15) is 0 Å². The van der Waals surface area contributed by atoms with Crippen LogP contribution in [-0.4, -0.2) is 24.5 Å². The summed E-state index contributed by atoms with van der Waals surface area (Å²) in [7, 11) is 0. The first-order valence-electron chi connectivity index (χ1n) is 5.05. The van der Waals surface area contributed by atoms with Crippen LogP contribution in [0.3, 0.4) is 0 Å². The Kier molecular flexibility index (Phi) is 2.76. The highest BCUT2D eigenvalue weighted by molar-refractivity contribution is 6.14. The Bertz CT molecular complexity index is 431. The highest BCUT2D eigenvalue weighted by atomic mass is 16.5. The minimum Gasteiger partial charge on any atom is -0.464 e. The van der Waals surface area contributed by atoms with Crippen LogP contribution in [0.5, 0.6) is 0 Å². The number of anilines is 2. The number of fused-ring (bicyclic) bond motifs is 1. The second-order valence-electron chi connectivity index (χ2n) is 3.36. The number of ether oxygens (including phenoxy) is 1. The van der Waals surface area contributed by atoms with E-state index in [1.54, 1.807) is 19.1 Å². The molecule has 1 atom stereocenters. The van der Waals surface area contributed by atoms with Gasteiger partial charge in [-0.3, -0.25) is 4.79 Å². The van der Waals surface area contributed by atoms with Crippen LogP contribution in [0, 0.1) is 0 Å². The Morgan fingerprint density at radius 2 is 2.06 bits per heavy atom. The number of esters is 1. The Morgan fingerprint density at radius 3 is 2.75 bits per heavy atom. The first-order valence-corrected chi connectivity index (χ1v) is 5.05. The van der Waals surface area contributed by atoms with Gasteiger partial charge in [-0.25, -0.2) is 4.79 Å². The van der Waals surface area contributed by atoms with Crippen LogP contribution >= 0.6 is 0 Å². The fraction of sp³-hybridized carbons (Fsp3) is 0.273. The summed E-state index contributed by atoms with van der Waals surface area (Å²) in [5.74, 6) is -0.952. The maximum Gasteiger partial charge on any atom is 0.338 e. The predicted octanol–water partition coefficient (Wildman–Crippen LogP) is 0.982. The van der Waals surface area contributed by atoms with Crippen molar-refractivity contribution in [2.45, 2.75) is 13.0 Å². The van der Waals surface area contributed by atoms with Crippen molar-refractivity contribution in [3.05, 3.63) is 24.3 Å². The molecule has 84 valence electrons. The molecule has 1 aromatic carbocycles. The molecule has 0 saturated carbocycles. The summed E-state index contributed by atoms with van der Waals surface area (Å²) >= 11 is 0. The van der Waals surface area contributed by atoms with Gasteiger partial charge >= 0.3 is 5.97 Å². The molecule has 2 rings (SSSR count). The third-order valence-electron chi connectivity index (χ3n) is 2.27. The van der Waals surface area contributed by atoms with Gasteiger partial charge in [0.25, 0.3) is 5.91 Å². The molecular formula is C11H12N2O3. The summed E-state index contributed by atoms with van der Waals surface area (Å²) in [5.41, 5.74) is 1.40. The van der Waals surface area contributed by atoms with Gasteiger partial charge in [-0.05, 0) is 19.1 Å². The molecule has 1 aromatic rings. The fourth-order valence-corrected chi connectivity index (χ4v) is 1.54. The molecule has 0 bridgehead atoms. The Balaban J connectivity index is 2.21. The highest BCUT2D eigenvalue weighted by Crippen LogP contribution is 2.25. The summed E-state index contributed by atoms with van der Waals surface area (Å²) in [6, 6.07) is 6.23. The lowest BCUT2D eigenvalue weighted by Crippen LogP contribution is -2.45. The fourth-order valence-electron chi connectivity index (χ4n) is 1.54. The van der Waals surface area contributed by atoms with Crippen LogP contribution < -0.4 is 10.6 Å². The van der Waals surface area contributed by atoms with Gasteiger partial charge in [-0.15, -0.1) is 0 Å². The molecule has 0 aromatic heterocycles. The molecule has 2 N–H and O–H groups in total. The molecule has 5 nitrogen and oxygen atoms in total. The Morgan fingerprint density at radius 1 is 1.38 bits per heavy atom. The van der Waals surface area contributed by atoms with E-state index in [2.05, 4.69) is 10.6 Å². The molecule has 0 unspecified atom stereocenters. The quantitative estimate of drug-likeness (QED) is 0.576. The third-order valence-corrected chi connectivity index (χ3v) is 2.27. The number of nitrogens with one attached hydrogen (secondary N) is 2. The van der Waals surface area contributed by atoms with Crippen LogP contribution in [0.1, 0.15) is 6.92 Å². The smallest absolute Gasteiger partial charge is 0.338 e. The standard InChI is InChI=1S/C11H12N2O3/c1-2-16-11(15)9-10(14)13-8-6-4-3-5-7(8)12-9/h3-6,9,12H,2H2,1H3,(H,13,14)/t9-/m0/s1. The molecule has 0 aliphatic carbocycles. The lowest BCUT2D eigenvalue weighted by molar-refractivity contribution is -0.146. The molecule has 16 heavy (non-hydrogen) atoms. The average molecular weight is 220 g/mol. The number of benzene rings is 1. The number of amides is 1. The number of hydrogen-bond donors (Lipinski definition) is 2. The van der Waals surface area contributed by atoms with Gasteiger partial charge in [0.05, 0.1) is 18.0 Å². The normalized spacial score (nSPS) is 18.1. The van der Waals surface area contributed by atoms with Gasteiger partial charge in [0.2, 0.25) is 6.04 Å². The minimum atomic E-state index is -0.963. The van der Waals surface area contributed by atoms with E-state index in [0.717, 1.165) is 5.69 Å². The van der Waals surface area contributed by atoms with Gasteiger partial charge < -0.3 is 15.4 Å². The number of para-hydroxylation sites is 2. The summed E-state index contributed by atoms with van der Waals surface area (Å²) in [5, 5.41) is 5.49. The second kappa shape index (κ2) is 4.22. The van der Waals surface area contributed by atoms with E-state index < -0.39 is 17.9 Å². The van der Waals surface area contributed by atoms with Crippen LogP contribution in [0.25, 0.3) is 0 Å². The number of hydrogen-bond acceptors (Lipinski definition) is 4. The number of carbonyl (C=O) groups is 2. The van der Waals surface area contributed by atoms with Crippen LogP contribution in [-0.2, 0) is 14.3 Å². The summed E-state index contributed by atoms with van der Waals surface area (Å²) in [6.45, 7) is 1.96. The molecule has 1 aliphatic rings. The third kappa shape index (κ3) is 1.84. The van der Waals surface area contributed by atoms with E-state index >= 15 is 0 Å². The molecule has 0 spiro atoms. The second-order valence-corrected chi connectivity index (χ2v) is 3.36. The van der Waals surface area contributed by atoms with Crippen molar-refractivity contribution in [2.75, 3.05) is 17.2 Å². The summed E-state index contributed by atoms with van der Waals surface area (Å²) in [4.78, 5) is 23.1. The van der Waals surface area contributed by atoms with E-state index in [0.29, 0.717) is 5.69 Å². The van der Waals surface area contributed by atoms with Crippen molar-refractivity contribution >= 4 is 23.3 Å². The minimum absolute atomic E-state index is 0.256. The maximum absolute atomic E-state index is 11.6. The Hall–Kier alpha value is -2.04. The SMILES string of the molecule is CCOC(=O)[C@H]1Nc2ccccc2NC1=O. The van der Waals surface area contributed by atoms with Crippen molar-refractivity contribution in [1.29, 1.82) is 0 Å². The van der Waals surface area contributed by atoms with Gasteiger partial charge in [0.1, 0.15) is 0 Å². The van der Waals surface area contributed by atoms with Crippen molar-refractivity contribution in [3.63, 3.8) is 0 Å². The van der Waals surface area contributed by atoms with Gasteiger partial charge in [0, 0.05) is 0 Å². The first kappa shape index (κ1) is 10.5. The zero-order valence-electron chi connectivity index (χ0n) is 8.82. The molecule has 1 aliphatic heterocycles. The van der Waals surface area contributed by atoms with E-state index in [9.17, 15) is 9.59 Å². The highest BCUT2D eigenvalue weighted by Gasteiger charge is 2.32. The predicted molar refractivity (Wildman–Crippen MR) is 59.1 cm³/mol. The van der Waals surface area contributed by atoms with Crippen molar-refractivity contribution in [2.24, 2.45) is 0 Å². The van der Waals surface area contributed by atoms with Crippen LogP contribution in [0.2, 0.25) is 0 Å². The molecule has 0 fully saturated rings. The van der Waals surface area contributed by atoms with E-state index in [-0.39, 0.29) is 6.61 Å². The molecule has 0 radical (unpaired) electrons. The zero-order chi connectivity index (χ0) is 11.5. The van der Waals surface area contributed by atoms with Crippen molar-refractivity contribution in [1.82, 2.24) is 0 Å². The topological polar surface area (TPSA) is 67.4 Å². The molecule has 1 amide bonds. The average Bonchev–Trinajstić information content (AvgIpc) is 2.28. The first-order chi connectivity index (χ1) is 7.72. The maximum atomic E-state index is 11.6. The molecule has 5 heteroatoms. The number of rotatable bonds is 2. The molecule has 1 heterocycles. The molecule has 0 saturated heterocycles. The number of carbonyl (C=O) groups excluding carboxylic acids is 2. The van der Waals surface area contributed by atoms with Crippen molar-refractivity contribution < 1.29 is 14.3 Å². The summed E-state index contributed by atoms with van der Waals surface area (Å²) < 4.78 is 4.80. The monoisotopic (exact) mass is 220 g/mol. The largest absolute Gasteiger partial charge is 0.464 e. The van der Waals surface area contributed by atoms with Gasteiger partial charge in [-0.1, -0.05) is 12.1 Å². The van der Waals surface area contributed by atoms with Crippen molar-refractivity contribution in [3.8, 4) is 0 Å². The zero-order valence-corrected chi connectivity index (χ0v) is 8.82. The van der Waals surface area contributed by atoms with Crippen LogP contribution in [0.15, 0.2) is 24.3 Å². The lowest BCUT2D eigenvalue weighted by Gasteiger charge is -2.25. The van der Waals surface area contributed by atoms with Gasteiger partial charge in [0.15, 0.2) is 0 Å².